The third-order valence-corrected chi connectivity index (χ3v) is 5.88. The SMILES string of the molecule is COc1ccc(NC(C)=O)cc1NC(=O)[C@H]1CCCN(C(=O)c2cccc3ccccc23)C1. The summed E-state index contributed by atoms with van der Waals surface area (Å²) < 4.78 is 5.36. The molecule has 1 fully saturated rings. The highest BCUT2D eigenvalue weighted by atomic mass is 16.5. The lowest BCUT2D eigenvalue weighted by molar-refractivity contribution is -0.121. The van der Waals surface area contributed by atoms with Crippen LogP contribution in [-0.2, 0) is 9.59 Å². The molecule has 33 heavy (non-hydrogen) atoms. The maximum Gasteiger partial charge on any atom is 0.254 e. The second-order valence-corrected chi connectivity index (χ2v) is 8.20. The molecular weight excluding hydrogens is 418 g/mol. The fourth-order valence-corrected chi connectivity index (χ4v) is 4.28. The van der Waals surface area contributed by atoms with Gasteiger partial charge in [-0.2, -0.15) is 0 Å². The topological polar surface area (TPSA) is 87.7 Å². The zero-order chi connectivity index (χ0) is 23.4. The van der Waals surface area contributed by atoms with Gasteiger partial charge in [0.25, 0.3) is 5.91 Å². The van der Waals surface area contributed by atoms with Crippen LogP contribution in [0.4, 0.5) is 11.4 Å². The minimum atomic E-state index is -0.341. The number of benzene rings is 3. The standard InChI is InChI=1S/C26H27N3O4/c1-17(30)27-20-12-13-24(33-2)23(15-20)28-25(31)19-9-6-14-29(16-19)26(32)22-11-5-8-18-7-3-4-10-21(18)22/h3-5,7-8,10-13,15,19H,6,9,14,16H2,1-2H3,(H,27,30)(H,28,31)/t19-/m0/s1. The number of methoxy groups -OCH3 is 1. The number of amides is 3. The van der Waals surface area contributed by atoms with Gasteiger partial charge < -0.3 is 20.3 Å². The van der Waals surface area contributed by atoms with Gasteiger partial charge in [0.2, 0.25) is 11.8 Å². The van der Waals surface area contributed by atoms with Crippen LogP contribution in [-0.4, -0.2) is 42.8 Å². The largest absolute Gasteiger partial charge is 0.495 e. The Morgan fingerprint density at radius 3 is 2.58 bits per heavy atom. The summed E-state index contributed by atoms with van der Waals surface area (Å²) in [5.41, 5.74) is 1.69. The molecule has 2 N–H and O–H groups in total. The van der Waals surface area contributed by atoms with Gasteiger partial charge in [0.05, 0.1) is 18.7 Å². The van der Waals surface area contributed by atoms with Crippen LogP contribution >= 0.6 is 0 Å². The van der Waals surface area contributed by atoms with E-state index < -0.39 is 0 Å². The van der Waals surface area contributed by atoms with Crippen LogP contribution in [0.1, 0.15) is 30.1 Å². The van der Waals surface area contributed by atoms with Crippen LogP contribution in [0.3, 0.4) is 0 Å². The van der Waals surface area contributed by atoms with Crippen LogP contribution in [0, 0.1) is 5.92 Å². The number of hydrogen-bond donors (Lipinski definition) is 2. The first-order valence-electron chi connectivity index (χ1n) is 11.0. The fourth-order valence-electron chi connectivity index (χ4n) is 4.28. The van der Waals surface area contributed by atoms with Crippen molar-refractivity contribution in [2.75, 3.05) is 30.8 Å². The van der Waals surface area contributed by atoms with Gasteiger partial charge in [0.1, 0.15) is 5.75 Å². The van der Waals surface area contributed by atoms with Gasteiger partial charge in [-0.25, -0.2) is 0 Å². The molecule has 170 valence electrons. The van der Waals surface area contributed by atoms with Gasteiger partial charge in [-0.3, -0.25) is 14.4 Å². The van der Waals surface area contributed by atoms with Crippen LogP contribution < -0.4 is 15.4 Å². The summed E-state index contributed by atoms with van der Waals surface area (Å²) in [6, 6.07) is 18.6. The molecule has 3 amide bonds. The molecule has 0 bridgehead atoms. The molecule has 1 aliphatic rings. The maximum absolute atomic E-state index is 13.3. The highest BCUT2D eigenvalue weighted by Gasteiger charge is 2.30. The van der Waals surface area contributed by atoms with E-state index in [4.69, 9.17) is 4.74 Å². The molecular formula is C26H27N3O4. The van der Waals surface area contributed by atoms with Crippen molar-refractivity contribution in [1.82, 2.24) is 4.90 Å². The molecule has 0 aromatic heterocycles. The first kappa shape index (κ1) is 22.3. The zero-order valence-electron chi connectivity index (χ0n) is 18.8. The van der Waals surface area contributed by atoms with E-state index in [1.165, 1.54) is 14.0 Å². The highest BCUT2D eigenvalue weighted by molar-refractivity contribution is 6.07. The molecule has 3 aromatic carbocycles. The number of carbonyl (C=O) groups excluding carboxylic acids is 3. The van der Waals surface area contributed by atoms with Crippen molar-refractivity contribution in [3.05, 3.63) is 66.2 Å². The smallest absolute Gasteiger partial charge is 0.254 e. The molecule has 4 rings (SSSR count). The summed E-state index contributed by atoms with van der Waals surface area (Å²) in [6.07, 6.45) is 1.44. The first-order valence-corrected chi connectivity index (χ1v) is 11.0. The Kier molecular flexibility index (Phi) is 6.58. The molecule has 1 saturated heterocycles. The number of ether oxygens (including phenoxy) is 1. The average molecular weight is 446 g/mol. The number of anilines is 2. The lowest BCUT2D eigenvalue weighted by atomic mass is 9.95. The molecule has 0 radical (unpaired) electrons. The fraction of sp³-hybridized carbons (Fsp3) is 0.269. The Morgan fingerprint density at radius 1 is 1.00 bits per heavy atom. The van der Waals surface area contributed by atoms with Crippen molar-refractivity contribution in [3.8, 4) is 5.75 Å². The van der Waals surface area contributed by atoms with Gasteiger partial charge in [0, 0.05) is 31.3 Å². The van der Waals surface area contributed by atoms with E-state index in [2.05, 4.69) is 10.6 Å². The lowest BCUT2D eigenvalue weighted by Crippen LogP contribution is -2.43. The van der Waals surface area contributed by atoms with E-state index in [0.29, 0.717) is 42.2 Å². The van der Waals surface area contributed by atoms with Gasteiger partial charge >= 0.3 is 0 Å². The summed E-state index contributed by atoms with van der Waals surface area (Å²) in [6.45, 7) is 2.39. The Bertz CT molecular complexity index is 1200. The quantitative estimate of drug-likeness (QED) is 0.613. The van der Waals surface area contributed by atoms with Gasteiger partial charge in [-0.15, -0.1) is 0 Å². The second kappa shape index (κ2) is 9.73. The molecule has 7 nitrogen and oxygen atoms in total. The van der Waals surface area contributed by atoms with Gasteiger partial charge in [-0.05, 0) is 47.9 Å². The van der Waals surface area contributed by atoms with Crippen molar-refractivity contribution in [3.63, 3.8) is 0 Å². The Hall–Kier alpha value is -3.87. The van der Waals surface area contributed by atoms with Crippen molar-refractivity contribution >= 4 is 39.9 Å². The molecule has 0 aliphatic carbocycles. The second-order valence-electron chi connectivity index (χ2n) is 8.20. The number of rotatable bonds is 5. The molecule has 1 aliphatic heterocycles. The number of hydrogen-bond acceptors (Lipinski definition) is 4. The van der Waals surface area contributed by atoms with E-state index >= 15 is 0 Å². The Morgan fingerprint density at radius 2 is 1.79 bits per heavy atom. The van der Waals surface area contributed by atoms with Crippen molar-refractivity contribution in [1.29, 1.82) is 0 Å². The number of nitrogens with one attached hydrogen (secondary N) is 2. The van der Waals surface area contributed by atoms with Crippen molar-refractivity contribution in [2.24, 2.45) is 5.92 Å². The molecule has 1 heterocycles. The molecule has 7 heteroatoms. The zero-order valence-corrected chi connectivity index (χ0v) is 18.8. The third-order valence-electron chi connectivity index (χ3n) is 5.88. The maximum atomic E-state index is 13.3. The molecule has 3 aromatic rings. The van der Waals surface area contributed by atoms with Gasteiger partial charge in [0.15, 0.2) is 0 Å². The Labute approximate surface area is 192 Å². The molecule has 0 unspecified atom stereocenters. The number of nitrogens with zero attached hydrogens (tertiary/aromatic N) is 1. The van der Waals surface area contributed by atoms with Crippen LogP contribution in [0.15, 0.2) is 60.7 Å². The number of likely N-dealkylation sites (tertiary alicyclic amines) is 1. The molecule has 0 spiro atoms. The monoisotopic (exact) mass is 445 g/mol. The number of carbonyl (C=O) groups is 3. The van der Waals surface area contributed by atoms with Crippen LogP contribution in [0.25, 0.3) is 10.8 Å². The summed E-state index contributed by atoms with van der Waals surface area (Å²) in [4.78, 5) is 39.6. The van der Waals surface area contributed by atoms with E-state index in [9.17, 15) is 14.4 Å². The number of fused-ring (bicyclic) bond motifs is 1. The summed E-state index contributed by atoms with van der Waals surface area (Å²) in [5, 5.41) is 7.55. The predicted octanol–water partition coefficient (Wildman–Crippen LogP) is 4.30. The van der Waals surface area contributed by atoms with E-state index in [0.717, 1.165) is 17.2 Å². The van der Waals surface area contributed by atoms with Crippen LogP contribution in [0.5, 0.6) is 5.75 Å². The average Bonchev–Trinajstić information content (AvgIpc) is 2.83. The minimum absolute atomic E-state index is 0.0606. The molecule has 0 saturated carbocycles. The van der Waals surface area contributed by atoms with Gasteiger partial charge in [-0.1, -0.05) is 36.4 Å². The van der Waals surface area contributed by atoms with E-state index in [-0.39, 0.29) is 23.6 Å². The van der Waals surface area contributed by atoms with E-state index in [1.54, 1.807) is 23.1 Å². The van der Waals surface area contributed by atoms with Crippen LogP contribution in [0.2, 0.25) is 0 Å². The van der Waals surface area contributed by atoms with Crippen molar-refractivity contribution < 1.29 is 19.1 Å². The summed E-state index contributed by atoms with van der Waals surface area (Å²) in [5.74, 6) is -0.283. The predicted molar refractivity (Wildman–Crippen MR) is 129 cm³/mol. The minimum Gasteiger partial charge on any atom is -0.495 e. The highest BCUT2D eigenvalue weighted by Crippen LogP contribution is 2.30. The normalized spacial score (nSPS) is 15.7. The third kappa shape index (κ3) is 4.98. The number of piperidine rings is 1. The van der Waals surface area contributed by atoms with Crippen molar-refractivity contribution in [2.45, 2.75) is 19.8 Å². The molecule has 1 atom stereocenters. The lowest BCUT2D eigenvalue weighted by Gasteiger charge is -2.32. The first-order chi connectivity index (χ1) is 16.0. The summed E-state index contributed by atoms with van der Waals surface area (Å²) >= 11 is 0. The Balaban J connectivity index is 1.50. The summed E-state index contributed by atoms with van der Waals surface area (Å²) in [7, 11) is 1.52. The van der Waals surface area contributed by atoms with E-state index in [1.807, 2.05) is 42.5 Å².